The lowest BCUT2D eigenvalue weighted by Crippen LogP contribution is -2.31. The molecule has 2 nitrogen and oxygen atoms in total. The molecule has 204 valence electrons. The fourth-order valence-electron chi connectivity index (χ4n) is 7.00. The van der Waals surface area contributed by atoms with E-state index in [4.69, 9.17) is 9.47 Å². The maximum atomic E-state index is 5.76. The van der Waals surface area contributed by atoms with E-state index in [1.165, 1.54) is 52.1 Å². The van der Waals surface area contributed by atoms with Crippen molar-refractivity contribution in [3.05, 3.63) is 57.4 Å². The summed E-state index contributed by atoms with van der Waals surface area (Å²) in [5, 5.41) is 5.23. The summed E-state index contributed by atoms with van der Waals surface area (Å²) in [4.78, 5) is 0. The lowest BCUT2D eigenvalue weighted by molar-refractivity contribution is 0.408. The highest BCUT2D eigenvalue weighted by Crippen LogP contribution is 2.66. The predicted octanol–water partition coefficient (Wildman–Crippen LogP) is 9.28. The van der Waals surface area contributed by atoms with Crippen molar-refractivity contribution in [1.29, 1.82) is 0 Å². The highest BCUT2D eigenvalue weighted by Gasteiger charge is 2.41. The van der Waals surface area contributed by atoms with Gasteiger partial charge in [-0.1, -0.05) is 62.0 Å². The van der Waals surface area contributed by atoms with E-state index in [-0.39, 0.29) is 7.92 Å². The lowest BCUT2D eigenvalue weighted by Gasteiger charge is -2.46. The molecule has 1 aliphatic carbocycles. The molecule has 3 rings (SSSR count). The zero-order chi connectivity index (χ0) is 27.9. The first-order chi connectivity index (χ1) is 17.1. The van der Waals surface area contributed by atoms with Gasteiger partial charge in [0.05, 0.1) is 14.2 Å². The first kappa shape index (κ1) is 30.2. The van der Waals surface area contributed by atoms with Gasteiger partial charge < -0.3 is 9.47 Å². The lowest BCUT2D eigenvalue weighted by atomic mass is 10.1. The summed E-state index contributed by atoms with van der Waals surface area (Å²) in [6.07, 6.45) is 3.72. The monoisotopic (exact) mass is 540 g/mol. The van der Waals surface area contributed by atoms with Crippen LogP contribution in [0.15, 0.2) is 35.2 Å². The van der Waals surface area contributed by atoms with Crippen LogP contribution in [0.2, 0.25) is 0 Å². The quantitative estimate of drug-likeness (QED) is 0.326. The molecule has 0 aromatic heterocycles. The van der Waals surface area contributed by atoms with Crippen molar-refractivity contribution >= 4 is 26.5 Å². The van der Waals surface area contributed by atoms with Gasteiger partial charge >= 0.3 is 0 Å². The topological polar surface area (TPSA) is 18.5 Å². The third-order valence-electron chi connectivity index (χ3n) is 7.65. The molecule has 0 saturated carbocycles. The number of rotatable bonds is 7. The first-order valence-corrected chi connectivity index (χ1v) is 16.5. The second kappa shape index (κ2) is 11.4. The molecule has 2 aromatic rings. The Morgan fingerprint density at radius 3 is 1.38 bits per heavy atom. The van der Waals surface area contributed by atoms with Crippen LogP contribution in [-0.4, -0.2) is 30.2 Å². The molecule has 0 saturated heterocycles. The molecule has 1 atom stereocenters. The molecule has 37 heavy (non-hydrogen) atoms. The highest BCUT2D eigenvalue weighted by atomic mass is 31.1. The molecule has 0 N–H and O–H groups in total. The van der Waals surface area contributed by atoms with Crippen LogP contribution >= 0.6 is 15.8 Å². The van der Waals surface area contributed by atoms with E-state index in [1.807, 2.05) is 0 Å². The number of hydrogen-bond donors (Lipinski definition) is 0. The minimum Gasteiger partial charge on any atom is -0.496 e. The van der Waals surface area contributed by atoms with Gasteiger partial charge in [0, 0.05) is 0 Å². The van der Waals surface area contributed by atoms with Crippen molar-refractivity contribution in [2.24, 2.45) is 0 Å². The molecule has 1 aliphatic rings. The van der Waals surface area contributed by atoms with Gasteiger partial charge in [0.2, 0.25) is 0 Å². The fourth-order valence-corrected chi connectivity index (χ4v) is 15.2. The van der Waals surface area contributed by atoms with E-state index in [0.717, 1.165) is 11.5 Å². The van der Waals surface area contributed by atoms with Gasteiger partial charge in [0.25, 0.3) is 0 Å². The van der Waals surface area contributed by atoms with E-state index in [9.17, 15) is 0 Å². The van der Waals surface area contributed by atoms with Crippen molar-refractivity contribution < 1.29 is 9.47 Å². The predicted molar refractivity (Wildman–Crippen MR) is 168 cm³/mol. The molecule has 0 radical (unpaired) electrons. The Balaban J connectivity index is 2.31. The highest BCUT2D eigenvalue weighted by molar-refractivity contribution is 7.76. The van der Waals surface area contributed by atoms with E-state index in [0.29, 0.717) is 16.0 Å². The van der Waals surface area contributed by atoms with Crippen LogP contribution < -0.4 is 20.1 Å². The van der Waals surface area contributed by atoms with Crippen LogP contribution in [0.3, 0.4) is 0 Å². The van der Waals surface area contributed by atoms with Crippen LogP contribution in [0.25, 0.3) is 0 Å². The van der Waals surface area contributed by atoms with Crippen molar-refractivity contribution in [2.75, 3.05) is 14.2 Å². The maximum absolute atomic E-state index is 5.76. The Morgan fingerprint density at radius 1 is 0.676 bits per heavy atom. The number of hydrogen-bond acceptors (Lipinski definition) is 2. The summed E-state index contributed by atoms with van der Waals surface area (Å²) in [6.45, 7) is 26.1. The molecule has 0 aliphatic heterocycles. The molecule has 0 fully saturated rings. The Morgan fingerprint density at radius 2 is 1.05 bits per heavy atom. The van der Waals surface area contributed by atoms with Gasteiger partial charge in [-0.3, -0.25) is 0 Å². The Kier molecular flexibility index (Phi) is 9.30. The van der Waals surface area contributed by atoms with Crippen molar-refractivity contribution in [2.45, 2.75) is 111 Å². The van der Waals surface area contributed by atoms with Gasteiger partial charge in [0.1, 0.15) is 11.5 Å². The summed E-state index contributed by atoms with van der Waals surface area (Å²) in [5.41, 5.74) is 7.27. The zero-order valence-corrected chi connectivity index (χ0v) is 27.5. The van der Waals surface area contributed by atoms with Gasteiger partial charge in [0.15, 0.2) is 0 Å². The average molecular weight is 541 g/mol. The third kappa shape index (κ3) is 6.28. The number of allylic oxidation sites excluding steroid dienone is 2. The van der Waals surface area contributed by atoms with E-state index in [1.54, 1.807) is 25.1 Å². The molecular formula is C33H50O2P2. The molecule has 4 heteroatoms. The third-order valence-corrected chi connectivity index (χ3v) is 14.2. The number of ether oxygens (including phenoxy) is 2. The van der Waals surface area contributed by atoms with E-state index in [2.05, 4.69) is 100 Å². The zero-order valence-electron chi connectivity index (χ0n) is 25.7. The van der Waals surface area contributed by atoms with E-state index >= 15 is 0 Å². The Hall–Kier alpha value is -1.36. The summed E-state index contributed by atoms with van der Waals surface area (Å²) in [6, 6.07) is 9.60. The van der Waals surface area contributed by atoms with Crippen molar-refractivity contribution in [3.63, 3.8) is 0 Å². The first-order valence-electron chi connectivity index (χ1n) is 13.7. The van der Waals surface area contributed by atoms with Gasteiger partial charge in [-0.2, -0.15) is 0 Å². The second-order valence-electron chi connectivity index (χ2n) is 12.8. The van der Waals surface area contributed by atoms with Gasteiger partial charge in [-0.15, -0.1) is 0 Å². The van der Waals surface area contributed by atoms with Crippen LogP contribution in [0.5, 0.6) is 11.5 Å². The van der Waals surface area contributed by atoms with Crippen LogP contribution in [-0.2, 0) is 0 Å². The largest absolute Gasteiger partial charge is 0.496 e. The van der Waals surface area contributed by atoms with Crippen LogP contribution in [0, 0.1) is 27.7 Å². The normalized spacial score (nSPS) is 15.6. The molecule has 0 heterocycles. The van der Waals surface area contributed by atoms with Crippen molar-refractivity contribution in [3.8, 4) is 11.5 Å². The molecule has 0 spiro atoms. The standard InChI is InChI=1S/C33H50O2P2/c1-21-17-26(18-22(2)30(21)34-12)36(27-19-23(3)31(35-13)24(4)20-27)29-16-14-15-28(29)25(5)37(32(6,7)8)33(9,10)11/h17-20,25H,14-16H2,1-13H3/t25-/m1/s1. The molecule has 0 amide bonds. The minimum atomic E-state index is -0.641. The Labute approximate surface area is 230 Å². The molecule has 0 unspecified atom stereocenters. The number of aryl methyl sites for hydroxylation is 4. The smallest absolute Gasteiger partial charge is 0.124 e. The SMILES string of the molecule is COc1c(C)cc(P(C2=C([C@@H](C)P(C(C)(C)C)C(C)(C)C)CCC2)c2cc(C)c(OC)c(C)c2)cc1C. The van der Waals surface area contributed by atoms with Gasteiger partial charge in [-0.05, 0) is 133 Å². The maximum Gasteiger partial charge on any atom is 0.124 e. The summed E-state index contributed by atoms with van der Waals surface area (Å²) >= 11 is 0. The number of methoxy groups -OCH3 is 2. The molecule has 2 aromatic carbocycles. The fraction of sp³-hybridized carbons (Fsp3) is 0.576. The van der Waals surface area contributed by atoms with Crippen molar-refractivity contribution in [1.82, 2.24) is 0 Å². The summed E-state index contributed by atoms with van der Waals surface area (Å²) in [7, 11) is 2.70. The number of benzene rings is 2. The van der Waals surface area contributed by atoms with E-state index < -0.39 is 7.92 Å². The minimum absolute atomic E-state index is 0.232. The van der Waals surface area contributed by atoms with Gasteiger partial charge in [-0.25, -0.2) is 0 Å². The summed E-state index contributed by atoms with van der Waals surface area (Å²) in [5.74, 6) is 2.03. The Bertz CT molecular complexity index is 1040. The molecule has 0 bridgehead atoms. The molecular weight excluding hydrogens is 490 g/mol. The van der Waals surface area contributed by atoms with Crippen LogP contribution in [0.1, 0.15) is 90.0 Å². The summed E-state index contributed by atoms with van der Waals surface area (Å²) < 4.78 is 11.5. The average Bonchev–Trinajstić information content (AvgIpc) is 3.21. The van der Waals surface area contributed by atoms with Crippen LogP contribution in [0.4, 0.5) is 0 Å². The second-order valence-corrected chi connectivity index (χ2v) is 19.2.